The number of fused-ring (bicyclic) bond motifs is 3. The Balaban J connectivity index is 2.05. The Morgan fingerprint density at radius 3 is 1.81 bits per heavy atom. The summed E-state index contributed by atoms with van der Waals surface area (Å²) in [4.78, 5) is 0. The van der Waals surface area contributed by atoms with Crippen LogP contribution in [0.5, 0.6) is 5.75 Å². The molecule has 1 aromatic carbocycles. The van der Waals surface area contributed by atoms with Crippen molar-refractivity contribution in [3.63, 3.8) is 0 Å². The number of furan rings is 1. The first-order chi connectivity index (χ1) is 12.3. The van der Waals surface area contributed by atoms with Gasteiger partial charge in [-0.15, -0.1) is 0 Å². The Hall–Kier alpha value is -1.78. The van der Waals surface area contributed by atoms with Crippen LogP contribution in [-0.4, -0.2) is 17.2 Å². The highest BCUT2D eigenvalue weighted by atomic mass is 16.9. The van der Waals surface area contributed by atoms with Crippen LogP contribution in [0.1, 0.15) is 69.6 Å². The van der Waals surface area contributed by atoms with E-state index in [-0.39, 0.29) is 0 Å². The second-order valence-corrected chi connectivity index (χ2v) is 9.07. The molecule has 3 heterocycles. The van der Waals surface area contributed by atoms with Crippen molar-refractivity contribution < 1.29 is 18.6 Å². The van der Waals surface area contributed by atoms with E-state index >= 15 is 0 Å². The van der Waals surface area contributed by atoms with Crippen LogP contribution in [0.15, 0.2) is 9.99 Å². The average Bonchev–Trinajstić information content (AvgIpc) is 2.94. The van der Waals surface area contributed by atoms with E-state index in [4.69, 9.17) is 18.6 Å². The number of aryl methyl sites for hydroxylation is 3. The monoisotopic (exact) mass is 370 g/mol. The molecule has 4 nitrogen and oxygen atoms in total. The highest BCUT2D eigenvalue weighted by Crippen LogP contribution is 2.55. The van der Waals surface area contributed by atoms with Gasteiger partial charge in [0.2, 0.25) is 0 Å². The maximum absolute atomic E-state index is 6.56. The summed E-state index contributed by atoms with van der Waals surface area (Å²) in [5, 5.41) is 1.13. The zero-order valence-corrected chi connectivity index (χ0v) is 18.1. The van der Waals surface area contributed by atoms with Gasteiger partial charge in [-0.2, -0.15) is 0 Å². The maximum atomic E-state index is 6.56. The van der Waals surface area contributed by atoms with Crippen LogP contribution in [-0.2, 0) is 9.47 Å². The van der Waals surface area contributed by atoms with Crippen LogP contribution in [0.4, 0.5) is 0 Å². The molecule has 0 unspecified atom stereocenters. The van der Waals surface area contributed by atoms with E-state index in [1.165, 1.54) is 11.1 Å². The quantitative estimate of drug-likeness (QED) is 0.561. The number of hydrogen-bond donors (Lipinski definition) is 0. The van der Waals surface area contributed by atoms with Gasteiger partial charge in [0.1, 0.15) is 5.76 Å². The third-order valence-electron chi connectivity index (χ3n) is 6.99. The molecule has 4 heteroatoms. The third kappa shape index (κ3) is 2.17. The summed E-state index contributed by atoms with van der Waals surface area (Å²) in [5.41, 5.74) is 6.55. The number of ether oxygens (including phenoxy) is 3. The molecule has 27 heavy (non-hydrogen) atoms. The predicted octanol–water partition coefficient (Wildman–Crippen LogP) is 6.11. The Bertz CT molecular complexity index is 1000. The van der Waals surface area contributed by atoms with Crippen LogP contribution in [0.25, 0.3) is 16.5 Å². The van der Waals surface area contributed by atoms with E-state index in [0.717, 1.165) is 44.8 Å². The molecule has 0 N–H and O–H groups in total. The fourth-order valence-corrected chi connectivity index (χ4v) is 4.21. The lowest BCUT2D eigenvalue weighted by molar-refractivity contribution is -0.283. The molecule has 1 spiro atoms. The second kappa shape index (κ2) is 5.18. The smallest absolute Gasteiger partial charge is 0.353 e. The van der Waals surface area contributed by atoms with Crippen molar-refractivity contribution in [3.05, 3.63) is 33.6 Å². The minimum absolute atomic E-state index is 0.500. The first kappa shape index (κ1) is 18.6. The van der Waals surface area contributed by atoms with Crippen LogP contribution in [0.3, 0.4) is 0 Å². The second-order valence-electron chi connectivity index (χ2n) is 9.07. The van der Waals surface area contributed by atoms with E-state index in [9.17, 15) is 0 Å². The van der Waals surface area contributed by atoms with E-state index in [1.807, 2.05) is 41.5 Å². The summed E-state index contributed by atoms with van der Waals surface area (Å²) in [6.07, 6.45) is 0. The fraction of sp³-hybridized carbons (Fsp3) is 0.565. The summed E-state index contributed by atoms with van der Waals surface area (Å²) in [6, 6.07) is 0. The first-order valence-electron chi connectivity index (χ1n) is 9.63. The van der Waals surface area contributed by atoms with Gasteiger partial charge in [-0.1, -0.05) is 0 Å². The number of benzene rings is 1. The lowest BCUT2D eigenvalue weighted by Crippen LogP contribution is -2.43. The molecule has 1 saturated heterocycles. The van der Waals surface area contributed by atoms with Gasteiger partial charge in [-0.3, -0.25) is 0 Å². The van der Waals surface area contributed by atoms with Gasteiger partial charge in [0.25, 0.3) is 0 Å². The topological polar surface area (TPSA) is 40.8 Å². The Labute approximate surface area is 161 Å². The molecule has 146 valence electrons. The highest BCUT2D eigenvalue weighted by Gasteiger charge is 2.62. The van der Waals surface area contributed by atoms with Crippen molar-refractivity contribution in [2.24, 2.45) is 0 Å². The van der Waals surface area contributed by atoms with Gasteiger partial charge in [0.05, 0.1) is 11.2 Å². The lowest BCUT2D eigenvalue weighted by atomic mass is 9.88. The van der Waals surface area contributed by atoms with Crippen molar-refractivity contribution in [2.75, 3.05) is 0 Å². The molecule has 4 rings (SSSR count). The molecule has 0 atom stereocenters. The zero-order valence-electron chi connectivity index (χ0n) is 18.1. The number of allylic oxidation sites excluding steroid dienone is 1. The highest BCUT2D eigenvalue weighted by molar-refractivity contribution is 5.97. The molecular formula is C23H30O4. The lowest BCUT2D eigenvalue weighted by Gasteiger charge is -2.37. The van der Waals surface area contributed by atoms with Crippen molar-refractivity contribution in [2.45, 2.75) is 86.4 Å². The molecule has 0 amide bonds. The van der Waals surface area contributed by atoms with Crippen molar-refractivity contribution >= 4 is 16.5 Å². The van der Waals surface area contributed by atoms with Crippen LogP contribution >= 0.6 is 0 Å². The predicted molar refractivity (Wildman–Crippen MR) is 107 cm³/mol. The molecule has 0 aliphatic carbocycles. The Morgan fingerprint density at radius 2 is 1.26 bits per heavy atom. The summed E-state index contributed by atoms with van der Waals surface area (Å²) < 4.78 is 25.6. The Morgan fingerprint density at radius 1 is 0.704 bits per heavy atom. The maximum Gasteiger partial charge on any atom is 0.353 e. The minimum atomic E-state index is -1.23. The zero-order chi connectivity index (χ0) is 20.1. The molecule has 0 saturated carbocycles. The third-order valence-corrected chi connectivity index (χ3v) is 6.99. The summed E-state index contributed by atoms with van der Waals surface area (Å²) in [6.45, 7) is 20.7. The molecule has 1 fully saturated rings. The van der Waals surface area contributed by atoms with Crippen LogP contribution < -0.4 is 4.74 Å². The largest absolute Gasteiger partial charge is 0.457 e. The molecule has 2 aliphatic heterocycles. The molecule has 1 aromatic heterocycles. The van der Waals surface area contributed by atoms with Gasteiger partial charge in [-0.25, -0.2) is 0 Å². The van der Waals surface area contributed by atoms with E-state index < -0.39 is 17.2 Å². The van der Waals surface area contributed by atoms with Gasteiger partial charge in [-0.05, 0) is 91.5 Å². The molecule has 2 aromatic rings. The molecular weight excluding hydrogens is 340 g/mol. The minimum Gasteiger partial charge on any atom is -0.457 e. The van der Waals surface area contributed by atoms with Crippen LogP contribution in [0.2, 0.25) is 0 Å². The average molecular weight is 370 g/mol. The SMILES string of the molecule is CC1=C(C)C2(Oc3c1c(C)c(C)c1c(C)c(C)oc31)OC(C)(C)C(C)(C)O2. The summed E-state index contributed by atoms with van der Waals surface area (Å²) in [5.74, 6) is 0.408. The molecule has 0 radical (unpaired) electrons. The van der Waals surface area contributed by atoms with Gasteiger partial charge in [0.15, 0.2) is 11.3 Å². The van der Waals surface area contributed by atoms with E-state index in [0.29, 0.717) is 0 Å². The van der Waals surface area contributed by atoms with Gasteiger partial charge < -0.3 is 18.6 Å². The van der Waals surface area contributed by atoms with Crippen LogP contribution in [0, 0.1) is 27.7 Å². The Kier molecular flexibility index (Phi) is 3.56. The summed E-state index contributed by atoms with van der Waals surface area (Å²) in [7, 11) is 0. The van der Waals surface area contributed by atoms with Gasteiger partial charge >= 0.3 is 5.97 Å². The van der Waals surface area contributed by atoms with E-state index in [1.54, 1.807) is 0 Å². The summed E-state index contributed by atoms with van der Waals surface area (Å²) >= 11 is 0. The van der Waals surface area contributed by atoms with Crippen molar-refractivity contribution in [1.29, 1.82) is 0 Å². The number of rotatable bonds is 0. The van der Waals surface area contributed by atoms with E-state index in [2.05, 4.69) is 27.7 Å². The van der Waals surface area contributed by atoms with Crippen molar-refractivity contribution in [3.8, 4) is 5.75 Å². The first-order valence-corrected chi connectivity index (χ1v) is 9.63. The van der Waals surface area contributed by atoms with Gasteiger partial charge in [0, 0.05) is 16.5 Å². The van der Waals surface area contributed by atoms with Crippen molar-refractivity contribution in [1.82, 2.24) is 0 Å². The fourth-order valence-electron chi connectivity index (χ4n) is 4.21. The molecule has 0 bridgehead atoms. The standard InChI is InChI=1S/C23H30O4/c1-11-12(2)18-14(4)16(6)24-19(18)20-17(11)13(3)15(5)23(25-20)26-21(7,8)22(9,10)27-23/h1-10H3. The number of hydrogen-bond acceptors (Lipinski definition) is 4. The molecule has 2 aliphatic rings. The normalized spacial score (nSPS) is 22.4.